The van der Waals surface area contributed by atoms with Gasteiger partial charge in [-0.1, -0.05) is 26.2 Å². The van der Waals surface area contributed by atoms with Gasteiger partial charge in [-0.15, -0.1) is 11.8 Å². The fraction of sp³-hybridized carbons (Fsp3) is 0.857. The molecule has 0 amide bonds. The molecule has 0 aromatic heterocycles. The topological polar surface area (TPSA) is 38.4 Å². The van der Waals surface area contributed by atoms with Gasteiger partial charge in [0.15, 0.2) is 0 Å². The van der Waals surface area contributed by atoms with E-state index in [1.54, 1.807) is 17.3 Å². The van der Waals surface area contributed by atoms with Crippen LogP contribution < -0.4 is 5.84 Å². The van der Waals surface area contributed by atoms with E-state index in [0.29, 0.717) is 0 Å². The van der Waals surface area contributed by atoms with Gasteiger partial charge in [0.25, 0.3) is 0 Å². The Kier molecular flexibility index (Phi) is 8.66. The minimum atomic E-state index is 1.15. The van der Waals surface area contributed by atoms with Crippen molar-refractivity contribution in [3.63, 3.8) is 0 Å². The summed E-state index contributed by atoms with van der Waals surface area (Å²) in [6.45, 7) is 2.22. The van der Waals surface area contributed by atoms with Crippen molar-refractivity contribution in [3.05, 3.63) is 0 Å². The molecule has 3 heteroatoms. The van der Waals surface area contributed by atoms with Crippen LogP contribution in [-0.4, -0.2) is 11.3 Å². The molecule has 0 saturated heterocycles. The number of hydrogen-bond donors (Lipinski definition) is 1. The lowest BCUT2D eigenvalue weighted by molar-refractivity contribution is 0.707. The fourth-order valence-electron chi connectivity index (χ4n) is 0.708. The Morgan fingerprint density at radius 1 is 1.40 bits per heavy atom. The molecule has 0 rings (SSSR count). The Bertz CT molecular complexity index is 83.7. The van der Waals surface area contributed by atoms with Crippen LogP contribution in [0.3, 0.4) is 0 Å². The number of nitrogens with zero attached hydrogens (tertiary/aromatic N) is 1. The monoisotopic (exact) mass is 160 g/mol. The first kappa shape index (κ1) is 9.82. The highest BCUT2D eigenvalue weighted by Gasteiger charge is 1.85. The second-order valence-corrected chi connectivity index (χ2v) is 3.14. The largest absolute Gasteiger partial charge is 0.323 e. The van der Waals surface area contributed by atoms with Crippen LogP contribution >= 0.6 is 11.8 Å². The van der Waals surface area contributed by atoms with E-state index in [4.69, 9.17) is 5.84 Å². The lowest BCUT2D eigenvalue weighted by Crippen LogP contribution is -1.82. The van der Waals surface area contributed by atoms with Crippen LogP contribution in [0.4, 0.5) is 0 Å². The SMILES string of the molecule is CCCCCCS/C=N/N. The van der Waals surface area contributed by atoms with E-state index in [-0.39, 0.29) is 0 Å². The van der Waals surface area contributed by atoms with Gasteiger partial charge in [-0.05, 0) is 12.2 Å². The average Bonchev–Trinajstić information content (AvgIpc) is 1.97. The molecule has 0 aliphatic rings. The quantitative estimate of drug-likeness (QED) is 0.213. The second kappa shape index (κ2) is 8.82. The Hall–Kier alpha value is -0.180. The van der Waals surface area contributed by atoms with Gasteiger partial charge in [0.1, 0.15) is 0 Å². The molecule has 0 aliphatic heterocycles. The van der Waals surface area contributed by atoms with Gasteiger partial charge >= 0.3 is 0 Å². The molecule has 0 fully saturated rings. The zero-order valence-electron chi connectivity index (χ0n) is 6.55. The molecule has 0 aromatic carbocycles. The van der Waals surface area contributed by atoms with Crippen molar-refractivity contribution in [2.75, 3.05) is 5.75 Å². The molecule has 0 saturated carbocycles. The van der Waals surface area contributed by atoms with Crippen LogP contribution in [0, 0.1) is 0 Å². The molecule has 10 heavy (non-hydrogen) atoms. The minimum Gasteiger partial charge on any atom is -0.323 e. The highest BCUT2D eigenvalue weighted by atomic mass is 32.2. The van der Waals surface area contributed by atoms with Crippen molar-refractivity contribution in [2.45, 2.75) is 32.6 Å². The summed E-state index contributed by atoms with van der Waals surface area (Å²) >= 11 is 1.69. The molecule has 0 heterocycles. The van der Waals surface area contributed by atoms with Crippen molar-refractivity contribution in [2.24, 2.45) is 10.9 Å². The van der Waals surface area contributed by atoms with Crippen molar-refractivity contribution in [1.29, 1.82) is 0 Å². The van der Waals surface area contributed by atoms with Gasteiger partial charge in [-0.25, -0.2) is 0 Å². The van der Waals surface area contributed by atoms with Crippen LogP contribution in [0.25, 0.3) is 0 Å². The standard InChI is InChI=1S/C7H16N2S/c1-2-3-4-5-6-10-7-9-8/h7H,2-6,8H2,1H3/b9-7+. The highest BCUT2D eigenvalue weighted by molar-refractivity contribution is 8.12. The maximum absolute atomic E-state index is 4.92. The maximum atomic E-state index is 4.92. The molecule has 2 nitrogen and oxygen atoms in total. The number of rotatable bonds is 6. The van der Waals surface area contributed by atoms with Gasteiger partial charge in [0, 0.05) is 0 Å². The van der Waals surface area contributed by atoms with Crippen LogP contribution in [0.1, 0.15) is 32.6 Å². The Morgan fingerprint density at radius 2 is 2.20 bits per heavy atom. The molecule has 0 aliphatic carbocycles. The molecule has 2 N–H and O–H groups in total. The molecule has 0 bridgehead atoms. The molecule has 0 spiro atoms. The summed E-state index contributed by atoms with van der Waals surface area (Å²) in [5, 5.41) is 3.39. The zero-order chi connectivity index (χ0) is 7.66. The number of nitrogens with two attached hydrogens (primary N) is 1. The first-order chi connectivity index (χ1) is 4.91. The molecule has 0 aromatic rings. The summed E-state index contributed by atoms with van der Waals surface area (Å²) in [6.07, 6.45) is 5.27. The Balaban J connectivity index is 2.77. The third kappa shape index (κ3) is 7.82. The third-order valence-corrected chi connectivity index (χ3v) is 2.05. The molecular weight excluding hydrogens is 144 g/mol. The predicted octanol–water partition coefficient (Wildman–Crippen LogP) is 2.20. The Labute approximate surface area is 67.3 Å². The van der Waals surface area contributed by atoms with Crippen molar-refractivity contribution in [1.82, 2.24) is 0 Å². The molecule has 0 radical (unpaired) electrons. The van der Waals surface area contributed by atoms with E-state index < -0.39 is 0 Å². The zero-order valence-corrected chi connectivity index (χ0v) is 7.36. The summed E-state index contributed by atoms with van der Waals surface area (Å²) in [5.74, 6) is 6.07. The van der Waals surface area contributed by atoms with E-state index in [9.17, 15) is 0 Å². The number of hydrazone groups is 1. The number of thioether (sulfide) groups is 1. The van der Waals surface area contributed by atoms with E-state index >= 15 is 0 Å². The normalized spacial score (nSPS) is 10.9. The lowest BCUT2D eigenvalue weighted by atomic mass is 10.2. The second-order valence-electron chi connectivity index (χ2n) is 2.19. The summed E-state index contributed by atoms with van der Waals surface area (Å²) in [6, 6.07) is 0. The summed E-state index contributed by atoms with van der Waals surface area (Å²) in [7, 11) is 0. The Morgan fingerprint density at radius 3 is 2.80 bits per heavy atom. The van der Waals surface area contributed by atoms with Crippen molar-refractivity contribution >= 4 is 17.3 Å². The van der Waals surface area contributed by atoms with E-state index in [1.807, 2.05) is 0 Å². The molecule has 0 unspecified atom stereocenters. The lowest BCUT2D eigenvalue weighted by Gasteiger charge is -1.94. The molecule has 0 atom stereocenters. The third-order valence-electron chi connectivity index (χ3n) is 1.25. The predicted molar refractivity (Wildman–Crippen MR) is 49.3 cm³/mol. The first-order valence-electron chi connectivity index (χ1n) is 3.75. The van der Waals surface area contributed by atoms with Crippen LogP contribution in [-0.2, 0) is 0 Å². The summed E-state index contributed by atoms with van der Waals surface area (Å²) < 4.78 is 0. The van der Waals surface area contributed by atoms with Gasteiger partial charge < -0.3 is 5.84 Å². The summed E-state index contributed by atoms with van der Waals surface area (Å²) in [4.78, 5) is 0. The number of unbranched alkanes of at least 4 members (excludes halogenated alkanes) is 3. The van der Waals surface area contributed by atoms with Gasteiger partial charge in [0.05, 0.1) is 5.55 Å². The molecular formula is C7H16N2S. The minimum absolute atomic E-state index is 1.15. The van der Waals surface area contributed by atoms with Gasteiger partial charge in [-0.2, -0.15) is 5.10 Å². The van der Waals surface area contributed by atoms with Gasteiger partial charge in [-0.3, -0.25) is 0 Å². The smallest absolute Gasteiger partial charge is 0.0794 e. The average molecular weight is 160 g/mol. The van der Waals surface area contributed by atoms with E-state index in [1.165, 1.54) is 25.7 Å². The van der Waals surface area contributed by atoms with Crippen LogP contribution in [0.5, 0.6) is 0 Å². The maximum Gasteiger partial charge on any atom is 0.0794 e. The van der Waals surface area contributed by atoms with E-state index in [2.05, 4.69) is 12.0 Å². The van der Waals surface area contributed by atoms with Crippen LogP contribution in [0.15, 0.2) is 5.10 Å². The fourth-order valence-corrected chi connectivity index (χ4v) is 1.27. The highest BCUT2D eigenvalue weighted by Crippen LogP contribution is 2.04. The van der Waals surface area contributed by atoms with Gasteiger partial charge in [0.2, 0.25) is 0 Å². The van der Waals surface area contributed by atoms with Crippen LogP contribution in [0.2, 0.25) is 0 Å². The summed E-state index contributed by atoms with van der Waals surface area (Å²) in [5.41, 5.74) is 1.70. The van der Waals surface area contributed by atoms with Crippen molar-refractivity contribution in [3.8, 4) is 0 Å². The first-order valence-corrected chi connectivity index (χ1v) is 4.80. The molecule has 60 valence electrons. The van der Waals surface area contributed by atoms with E-state index in [0.717, 1.165) is 5.75 Å². The van der Waals surface area contributed by atoms with Crippen molar-refractivity contribution < 1.29 is 0 Å². The number of hydrogen-bond acceptors (Lipinski definition) is 3.